The molecular formula is C19H17Ga. The van der Waals surface area contributed by atoms with Crippen LogP contribution in [0.25, 0.3) is 0 Å². The summed E-state index contributed by atoms with van der Waals surface area (Å²) in [5, 5.41) is 0. The minimum atomic E-state index is 0.0662. The van der Waals surface area contributed by atoms with Crippen molar-refractivity contribution in [3.8, 4) is 0 Å². The van der Waals surface area contributed by atoms with E-state index >= 15 is 0 Å². The van der Waals surface area contributed by atoms with Gasteiger partial charge in [-0.1, -0.05) is 0 Å². The minimum absolute atomic E-state index is 0.0662. The van der Waals surface area contributed by atoms with Crippen LogP contribution in [-0.4, -0.2) is 18.6 Å². The van der Waals surface area contributed by atoms with Gasteiger partial charge in [-0.15, -0.1) is 0 Å². The summed E-state index contributed by atoms with van der Waals surface area (Å²) >= 11 is 0.587. The van der Waals surface area contributed by atoms with Gasteiger partial charge in [-0.2, -0.15) is 0 Å². The molecule has 96 valence electrons. The number of rotatable bonds is 3. The molecule has 0 spiro atoms. The third-order valence-electron chi connectivity index (χ3n) is 4.05. The summed E-state index contributed by atoms with van der Waals surface area (Å²) in [6, 6.07) is 32.6. The van der Waals surface area contributed by atoms with Crippen molar-refractivity contribution in [2.24, 2.45) is 0 Å². The van der Waals surface area contributed by atoms with Crippen LogP contribution in [0.1, 0.15) is 16.7 Å². The predicted molar refractivity (Wildman–Crippen MR) is 87.8 cm³/mol. The van der Waals surface area contributed by atoms with Gasteiger partial charge in [-0.25, -0.2) is 0 Å². The molecule has 3 aromatic carbocycles. The van der Waals surface area contributed by atoms with Gasteiger partial charge in [0.05, 0.1) is 0 Å². The molecule has 0 nitrogen and oxygen atoms in total. The summed E-state index contributed by atoms with van der Waals surface area (Å²) in [5.74, 6) is 0. The predicted octanol–water partition coefficient (Wildman–Crippen LogP) is 3.61. The van der Waals surface area contributed by atoms with Gasteiger partial charge in [0.2, 0.25) is 0 Å². The van der Waals surface area contributed by atoms with E-state index in [0.717, 1.165) is 0 Å². The molecular weight excluding hydrogens is 298 g/mol. The molecule has 3 rings (SSSR count). The molecule has 0 bridgehead atoms. The molecule has 0 radical (unpaired) electrons. The fourth-order valence-corrected chi connectivity index (χ4v) is 4.91. The molecule has 0 aliphatic rings. The SMILES string of the molecule is [GaH2][C](c1ccccc1)(c1ccccc1)c1ccccc1. The van der Waals surface area contributed by atoms with Crippen molar-refractivity contribution >= 4 is 18.6 Å². The van der Waals surface area contributed by atoms with E-state index in [4.69, 9.17) is 0 Å². The van der Waals surface area contributed by atoms with Gasteiger partial charge in [-0.05, 0) is 0 Å². The summed E-state index contributed by atoms with van der Waals surface area (Å²) in [5.41, 5.74) is 4.20. The Bertz CT molecular complexity index is 563. The van der Waals surface area contributed by atoms with Crippen LogP contribution >= 0.6 is 0 Å². The number of hydrogen-bond donors (Lipinski definition) is 0. The van der Waals surface area contributed by atoms with Crippen molar-refractivity contribution in [3.05, 3.63) is 108 Å². The molecule has 0 saturated heterocycles. The first-order valence-corrected chi connectivity index (χ1v) is 9.08. The molecule has 0 atom stereocenters. The zero-order valence-electron chi connectivity index (χ0n) is 11.7. The van der Waals surface area contributed by atoms with Gasteiger partial charge in [0.15, 0.2) is 0 Å². The molecule has 0 aromatic heterocycles. The Kier molecular flexibility index (Phi) is 3.81. The van der Waals surface area contributed by atoms with Crippen molar-refractivity contribution in [1.82, 2.24) is 0 Å². The Morgan fingerprint density at radius 1 is 0.450 bits per heavy atom. The Morgan fingerprint density at radius 2 is 0.700 bits per heavy atom. The first kappa shape index (κ1) is 13.3. The number of benzene rings is 3. The molecule has 0 saturated carbocycles. The van der Waals surface area contributed by atoms with Gasteiger partial charge >= 0.3 is 130 Å². The van der Waals surface area contributed by atoms with Crippen molar-refractivity contribution in [2.45, 2.75) is 3.97 Å². The van der Waals surface area contributed by atoms with Gasteiger partial charge < -0.3 is 0 Å². The molecule has 0 aliphatic carbocycles. The van der Waals surface area contributed by atoms with Crippen LogP contribution in [0, 0.1) is 0 Å². The average Bonchev–Trinajstić information content (AvgIpc) is 2.56. The second-order valence-corrected chi connectivity index (χ2v) is 8.37. The van der Waals surface area contributed by atoms with Gasteiger partial charge in [-0.3, -0.25) is 0 Å². The maximum absolute atomic E-state index is 2.26. The molecule has 1 heteroatoms. The fraction of sp³-hybridized carbons (Fsp3) is 0.0526. The summed E-state index contributed by atoms with van der Waals surface area (Å²) < 4.78 is 0.0662. The van der Waals surface area contributed by atoms with Crippen LogP contribution in [0.3, 0.4) is 0 Å². The second-order valence-electron chi connectivity index (χ2n) is 5.22. The summed E-state index contributed by atoms with van der Waals surface area (Å²) in [4.78, 5) is 0. The van der Waals surface area contributed by atoms with E-state index in [2.05, 4.69) is 91.0 Å². The Morgan fingerprint density at radius 3 is 0.950 bits per heavy atom. The molecule has 0 unspecified atom stereocenters. The van der Waals surface area contributed by atoms with Crippen LogP contribution in [-0.2, 0) is 3.97 Å². The van der Waals surface area contributed by atoms with Gasteiger partial charge in [0, 0.05) is 0 Å². The third-order valence-corrected chi connectivity index (χ3v) is 7.69. The van der Waals surface area contributed by atoms with Crippen LogP contribution in [0.2, 0.25) is 0 Å². The fourth-order valence-electron chi connectivity index (χ4n) is 2.81. The molecule has 0 heterocycles. The third kappa shape index (κ3) is 2.35. The quantitative estimate of drug-likeness (QED) is 0.512. The van der Waals surface area contributed by atoms with E-state index in [0.29, 0.717) is 18.6 Å². The zero-order valence-corrected chi connectivity index (χ0v) is 15.9. The standard InChI is InChI=1S/C19H15.Ga.2H/c1-4-10-16(11-5-1)19(17-12-6-2-7-13-17)18-14-8-3-9-15-18;;;/h1-15H;;;. The van der Waals surface area contributed by atoms with Crippen LogP contribution in [0.5, 0.6) is 0 Å². The van der Waals surface area contributed by atoms with Crippen molar-refractivity contribution in [1.29, 1.82) is 0 Å². The van der Waals surface area contributed by atoms with Crippen molar-refractivity contribution in [3.63, 3.8) is 0 Å². The second kappa shape index (κ2) is 5.74. The van der Waals surface area contributed by atoms with Crippen LogP contribution in [0.15, 0.2) is 91.0 Å². The summed E-state index contributed by atoms with van der Waals surface area (Å²) in [6.07, 6.45) is 0. The Labute approximate surface area is 130 Å². The Hall–Kier alpha value is -1.70. The van der Waals surface area contributed by atoms with E-state index < -0.39 is 0 Å². The zero-order chi connectivity index (χ0) is 13.8. The number of hydrogen-bond acceptors (Lipinski definition) is 0. The normalized spacial score (nSPS) is 11.2. The van der Waals surface area contributed by atoms with E-state index in [1.54, 1.807) is 0 Å². The first-order chi connectivity index (χ1) is 9.82. The molecule has 0 aliphatic heterocycles. The van der Waals surface area contributed by atoms with E-state index in [-0.39, 0.29) is 3.97 Å². The first-order valence-electron chi connectivity index (χ1n) is 6.98. The molecule has 20 heavy (non-hydrogen) atoms. The van der Waals surface area contributed by atoms with Crippen LogP contribution < -0.4 is 0 Å². The van der Waals surface area contributed by atoms with Gasteiger partial charge in [0.25, 0.3) is 0 Å². The molecule has 0 amide bonds. The van der Waals surface area contributed by atoms with E-state index in [9.17, 15) is 0 Å². The summed E-state index contributed by atoms with van der Waals surface area (Å²) in [7, 11) is 0. The van der Waals surface area contributed by atoms with Crippen molar-refractivity contribution < 1.29 is 0 Å². The van der Waals surface area contributed by atoms with E-state index in [1.165, 1.54) is 16.7 Å². The van der Waals surface area contributed by atoms with E-state index in [1.807, 2.05) is 0 Å². The van der Waals surface area contributed by atoms with Crippen LogP contribution in [0.4, 0.5) is 0 Å². The monoisotopic (exact) mass is 314 g/mol. The molecule has 0 fully saturated rings. The van der Waals surface area contributed by atoms with Crippen molar-refractivity contribution in [2.75, 3.05) is 0 Å². The topological polar surface area (TPSA) is 0 Å². The molecule has 0 N–H and O–H groups in total. The Balaban J connectivity index is 2.24. The molecule has 3 aromatic rings. The maximum atomic E-state index is 2.26. The summed E-state index contributed by atoms with van der Waals surface area (Å²) in [6.45, 7) is 0. The van der Waals surface area contributed by atoms with Gasteiger partial charge in [0.1, 0.15) is 0 Å². The average molecular weight is 315 g/mol.